The van der Waals surface area contributed by atoms with Crippen LogP contribution in [0.25, 0.3) is 0 Å². The molecule has 0 aliphatic carbocycles. The number of carbonyl (C=O) groups excluding carboxylic acids is 1. The van der Waals surface area contributed by atoms with Crippen LogP contribution in [0.2, 0.25) is 0 Å². The minimum Gasteiger partial charge on any atom is -0.434 e. The Morgan fingerprint density at radius 3 is 2.79 bits per heavy atom. The highest BCUT2D eigenvalue weighted by molar-refractivity contribution is 5.76. The Balaban J connectivity index is 1.85. The molecule has 1 fully saturated rings. The third-order valence-electron chi connectivity index (χ3n) is 3.00. The van der Waals surface area contributed by atoms with Crippen LogP contribution in [0, 0.1) is 5.92 Å². The Morgan fingerprint density at radius 1 is 1.42 bits per heavy atom. The molecule has 0 spiro atoms. The van der Waals surface area contributed by atoms with Gasteiger partial charge in [-0.15, -0.1) is 0 Å². The first kappa shape index (κ1) is 13.7. The summed E-state index contributed by atoms with van der Waals surface area (Å²) in [7, 11) is 0. The number of halogens is 2. The van der Waals surface area contributed by atoms with Crippen molar-refractivity contribution in [2.75, 3.05) is 13.1 Å². The van der Waals surface area contributed by atoms with Crippen molar-refractivity contribution >= 4 is 5.91 Å². The molecule has 0 atom stereocenters. The van der Waals surface area contributed by atoms with Crippen molar-refractivity contribution in [3.05, 3.63) is 29.8 Å². The Bertz CT molecular complexity index is 436. The molecule has 0 aromatic heterocycles. The lowest BCUT2D eigenvalue weighted by Crippen LogP contribution is -2.44. The second-order valence-electron chi connectivity index (χ2n) is 4.49. The number of rotatable bonds is 6. The lowest BCUT2D eigenvalue weighted by molar-refractivity contribution is -0.122. The number of alkyl halides is 2. The summed E-state index contributed by atoms with van der Waals surface area (Å²) in [5.41, 5.74) is 0.544. The summed E-state index contributed by atoms with van der Waals surface area (Å²) in [4.78, 5) is 11.6. The minimum absolute atomic E-state index is 0.0710. The van der Waals surface area contributed by atoms with Crippen LogP contribution in [-0.4, -0.2) is 25.6 Å². The second kappa shape index (κ2) is 6.47. The molecule has 2 rings (SSSR count). The van der Waals surface area contributed by atoms with E-state index in [1.54, 1.807) is 18.2 Å². The normalized spacial score (nSPS) is 15.1. The summed E-state index contributed by atoms with van der Waals surface area (Å²) in [6.45, 7) is -0.948. The van der Waals surface area contributed by atoms with Crippen LogP contribution in [0.1, 0.15) is 12.0 Å². The van der Waals surface area contributed by atoms with Crippen molar-refractivity contribution in [2.45, 2.75) is 19.6 Å². The van der Waals surface area contributed by atoms with Gasteiger partial charge in [-0.1, -0.05) is 18.2 Å². The van der Waals surface area contributed by atoms with Crippen molar-refractivity contribution in [3.63, 3.8) is 0 Å². The van der Waals surface area contributed by atoms with Crippen LogP contribution in [0.5, 0.6) is 5.75 Å². The van der Waals surface area contributed by atoms with Gasteiger partial charge in [-0.3, -0.25) is 4.79 Å². The van der Waals surface area contributed by atoms with Crippen molar-refractivity contribution in [2.24, 2.45) is 5.92 Å². The van der Waals surface area contributed by atoms with Gasteiger partial charge in [0.25, 0.3) is 0 Å². The number of hydrogen-bond donors (Lipinski definition) is 2. The molecular weight excluding hydrogens is 254 g/mol. The van der Waals surface area contributed by atoms with Gasteiger partial charge in [0.15, 0.2) is 0 Å². The summed E-state index contributed by atoms with van der Waals surface area (Å²) < 4.78 is 28.8. The van der Waals surface area contributed by atoms with Crippen LogP contribution < -0.4 is 15.4 Å². The molecule has 1 aliphatic heterocycles. The van der Waals surface area contributed by atoms with Gasteiger partial charge in [0.2, 0.25) is 5.91 Å². The van der Waals surface area contributed by atoms with Gasteiger partial charge in [0.1, 0.15) is 5.75 Å². The van der Waals surface area contributed by atoms with E-state index in [0.29, 0.717) is 17.9 Å². The van der Waals surface area contributed by atoms with E-state index in [9.17, 15) is 13.6 Å². The fourth-order valence-electron chi connectivity index (χ4n) is 1.88. The third kappa shape index (κ3) is 4.17. The zero-order chi connectivity index (χ0) is 13.7. The largest absolute Gasteiger partial charge is 0.434 e. The van der Waals surface area contributed by atoms with E-state index < -0.39 is 6.61 Å². The molecule has 0 bridgehead atoms. The molecule has 1 aromatic carbocycles. The number of nitrogens with one attached hydrogen (secondary N) is 2. The number of hydrogen-bond acceptors (Lipinski definition) is 3. The highest BCUT2D eigenvalue weighted by atomic mass is 19.3. The molecule has 0 radical (unpaired) electrons. The first-order valence-corrected chi connectivity index (χ1v) is 6.15. The maximum atomic E-state index is 12.2. The molecule has 2 N–H and O–H groups in total. The van der Waals surface area contributed by atoms with Crippen molar-refractivity contribution in [1.82, 2.24) is 10.6 Å². The Hall–Kier alpha value is -1.69. The first-order valence-electron chi connectivity index (χ1n) is 6.15. The highest BCUT2D eigenvalue weighted by Gasteiger charge is 2.20. The molecule has 1 aromatic rings. The Kier molecular flexibility index (Phi) is 4.68. The van der Waals surface area contributed by atoms with Crippen LogP contribution >= 0.6 is 0 Å². The molecule has 1 heterocycles. The number of ether oxygens (including phenoxy) is 1. The molecule has 6 heteroatoms. The van der Waals surface area contributed by atoms with Gasteiger partial charge >= 0.3 is 6.61 Å². The number of carbonyl (C=O) groups is 1. The zero-order valence-corrected chi connectivity index (χ0v) is 10.4. The predicted molar refractivity (Wildman–Crippen MR) is 65.9 cm³/mol. The highest BCUT2D eigenvalue weighted by Crippen LogP contribution is 2.20. The summed E-state index contributed by atoms with van der Waals surface area (Å²) >= 11 is 0. The fraction of sp³-hybridized carbons (Fsp3) is 0.462. The predicted octanol–water partition coefficient (Wildman–Crippen LogP) is 1.51. The molecule has 1 amide bonds. The van der Waals surface area contributed by atoms with Crippen molar-refractivity contribution < 1.29 is 18.3 Å². The van der Waals surface area contributed by atoms with E-state index in [4.69, 9.17) is 0 Å². The lowest BCUT2D eigenvalue weighted by Gasteiger charge is -2.26. The molecule has 104 valence electrons. The molecule has 0 unspecified atom stereocenters. The maximum Gasteiger partial charge on any atom is 0.387 e. The van der Waals surface area contributed by atoms with Gasteiger partial charge in [-0.2, -0.15) is 8.78 Å². The fourth-order valence-corrected chi connectivity index (χ4v) is 1.88. The van der Waals surface area contributed by atoms with Gasteiger partial charge in [-0.25, -0.2) is 0 Å². The van der Waals surface area contributed by atoms with E-state index in [-0.39, 0.29) is 18.2 Å². The zero-order valence-electron chi connectivity index (χ0n) is 10.4. The van der Waals surface area contributed by atoms with E-state index in [0.717, 1.165) is 13.1 Å². The van der Waals surface area contributed by atoms with Gasteiger partial charge in [0.05, 0.1) is 0 Å². The van der Waals surface area contributed by atoms with Crippen LogP contribution in [0.3, 0.4) is 0 Å². The number of para-hydroxylation sites is 1. The summed E-state index contributed by atoms with van der Waals surface area (Å²) in [6.07, 6.45) is 0.463. The van der Waals surface area contributed by atoms with Crippen molar-refractivity contribution in [3.8, 4) is 5.75 Å². The number of amides is 1. The molecule has 1 aliphatic rings. The SMILES string of the molecule is O=C(CC1CNC1)NCc1ccccc1OC(F)F. The molecule has 4 nitrogen and oxygen atoms in total. The van der Waals surface area contributed by atoms with E-state index in [2.05, 4.69) is 15.4 Å². The van der Waals surface area contributed by atoms with Gasteiger partial charge in [-0.05, 0) is 25.1 Å². The van der Waals surface area contributed by atoms with Crippen molar-refractivity contribution in [1.29, 1.82) is 0 Å². The smallest absolute Gasteiger partial charge is 0.387 e. The topological polar surface area (TPSA) is 50.4 Å². The molecule has 1 saturated heterocycles. The summed E-state index contributed by atoms with van der Waals surface area (Å²) in [5.74, 6) is 0.411. The average Bonchev–Trinajstić information content (AvgIpc) is 2.32. The van der Waals surface area contributed by atoms with Gasteiger partial charge in [0, 0.05) is 18.5 Å². The summed E-state index contributed by atoms with van der Waals surface area (Å²) in [5, 5.41) is 5.81. The quantitative estimate of drug-likeness (QED) is 0.824. The monoisotopic (exact) mass is 270 g/mol. The van der Waals surface area contributed by atoms with E-state index in [1.807, 2.05) is 0 Å². The van der Waals surface area contributed by atoms with Crippen LogP contribution in [0.4, 0.5) is 8.78 Å². The Morgan fingerprint density at radius 2 is 2.16 bits per heavy atom. The summed E-state index contributed by atoms with van der Waals surface area (Å²) in [6, 6.07) is 6.45. The molecule has 0 saturated carbocycles. The van der Waals surface area contributed by atoms with Crippen LogP contribution in [-0.2, 0) is 11.3 Å². The maximum absolute atomic E-state index is 12.2. The molecular formula is C13H16F2N2O2. The van der Waals surface area contributed by atoms with E-state index >= 15 is 0 Å². The first-order chi connectivity index (χ1) is 9.15. The van der Waals surface area contributed by atoms with Gasteiger partial charge < -0.3 is 15.4 Å². The average molecular weight is 270 g/mol. The Labute approximate surface area is 110 Å². The third-order valence-corrected chi connectivity index (χ3v) is 3.00. The van der Waals surface area contributed by atoms with Crippen LogP contribution in [0.15, 0.2) is 24.3 Å². The minimum atomic E-state index is -2.86. The standard InChI is InChI=1S/C13H16F2N2O2/c14-13(15)19-11-4-2-1-3-10(11)8-17-12(18)5-9-6-16-7-9/h1-4,9,13,16H,5-8H2,(H,17,18). The number of benzene rings is 1. The lowest BCUT2D eigenvalue weighted by atomic mass is 9.99. The molecule has 19 heavy (non-hydrogen) atoms. The van der Waals surface area contributed by atoms with E-state index in [1.165, 1.54) is 6.07 Å². The second-order valence-corrected chi connectivity index (χ2v) is 4.49.